The van der Waals surface area contributed by atoms with Crippen LogP contribution in [0.2, 0.25) is 0 Å². The van der Waals surface area contributed by atoms with E-state index >= 15 is 0 Å². The summed E-state index contributed by atoms with van der Waals surface area (Å²) >= 11 is 0. The second-order valence-corrected chi connectivity index (χ2v) is 4.86. The maximum Gasteiger partial charge on any atom is 0.142 e. The topological polar surface area (TPSA) is 21.6 Å². The van der Waals surface area contributed by atoms with E-state index < -0.39 is 0 Å². The Morgan fingerprint density at radius 1 is 1.20 bits per heavy atom. The maximum atomic E-state index is 5.21. The Bertz CT molecular complexity index is 319. The molecule has 1 aromatic carbocycles. The quantitative estimate of drug-likeness (QED) is 0.546. The van der Waals surface area contributed by atoms with E-state index in [1.807, 2.05) is 6.21 Å². The van der Waals surface area contributed by atoms with E-state index in [0.29, 0.717) is 6.61 Å². The Hall–Kier alpha value is -1.31. The fourth-order valence-corrected chi connectivity index (χ4v) is 0.991. The number of benzene rings is 1. The van der Waals surface area contributed by atoms with Crippen LogP contribution < -0.4 is 0 Å². The Morgan fingerprint density at radius 3 is 2.33 bits per heavy atom. The predicted molar refractivity (Wildman–Crippen MR) is 63.9 cm³/mol. The monoisotopic (exact) mass is 205 g/mol. The van der Waals surface area contributed by atoms with Crippen LogP contribution >= 0.6 is 0 Å². The Balaban J connectivity index is 2.38. The molecule has 0 aromatic heterocycles. The lowest BCUT2D eigenvalue weighted by Gasteiger charge is -2.09. The molecular weight excluding hydrogens is 186 g/mol. The molecule has 0 fully saturated rings. The van der Waals surface area contributed by atoms with Crippen molar-refractivity contribution in [2.24, 2.45) is 10.6 Å². The normalized spacial score (nSPS) is 12.0. The van der Waals surface area contributed by atoms with Gasteiger partial charge in [0.1, 0.15) is 6.61 Å². The predicted octanol–water partition coefficient (Wildman–Crippen LogP) is 3.54. The van der Waals surface area contributed by atoms with Crippen molar-refractivity contribution < 1.29 is 4.84 Å². The van der Waals surface area contributed by atoms with Crippen LogP contribution in [0, 0.1) is 12.3 Å². The minimum atomic E-state index is 0.0767. The molecule has 0 atom stereocenters. The van der Waals surface area contributed by atoms with Gasteiger partial charge in [-0.3, -0.25) is 0 Å². The largest absolute Gasteiger partial charge is 0.391 e. The molecule has 0 amide bonds. The molecule has 2 nitrogen and oxygen atoms in total. The van der Waals surface area contributed by atoms with E-state index in [-0.39, 0.29) is 5.41 Å². The smallest absolute Gasteiger partial charge is 0.142 e. The molecule has 0 aliphatic heterocycles. The van der Waals surface area contributed by atoms with Crippen LogP contribution in [0.3, 0.4) is 0 Å². The van der Waals surface area contributed by atoms with Crippen LogP contribution in [0.5, 0.6) is 0 Å². The summed E-state index contributed by atoms with van der Waals surface area (Å²) in [6.07, 6.45) is 1.82. The molecule has 1 rings (SSSR count). The summed E-state index contributed by atoms with van der Waals surface area (Å²) in [5, 5.41) is 3.94. The lowest BCUT2D eigenvalue weighted by molar-refractivity contribution is 0.129. The van der Waals surface area contributed by atoms with Gasteiger partial charge in [0.25, 0.3) is 0 Å². The second kappa shape index (κ2) is 4.96. The summed E-state index contributed by atoms with van der Waals surface area (Å²) in [6, 6.07) is 8.27. The standard InChI is InChI=1S/C13H19NO/c1-11-5-7-12(8-6-11)9-15-14-10-13(2,3)4/h5-8,10H,9H2,1-4H3/b14-10+. The van der Waals surface area contributed by atoms with E-state index in [0.717, 1.165) is 5.56 Å². The molecule has 15 heavy (non-hydrogen) atoms. The summed E-state index contributed by atoms with van der Waals surface area (Å²) in [6.45, 7) is 8.87. The molecule has 82 valence electrons. The SMILES string of the molecule is Cc1ccc(CO/N=C/C(C)(C)C)cc1. The van der Waals surface area contributed by atoms with Crippen LogP contribution in [-0.2, 0) is 11.4 Å². The Kier molecular flexibility index (Phi) is 3.89. The molecule has 0 saturated heterocycles. The highest BCUT2D eigenvalue weighted by atomic mass is 16.6. The average molecular weight is 205 g/mol. The van der Waals surface area contributed by atoms with E-state index in [1.54, 1.807) is 0 Å². The van der Waals surface area contributed by atoms with Crippen molar-refractivity contribution in [1.29, 1.82) is 0 Å². The van der Waals surface area contributed by atoms with E-state index in [1.165, 1.54) is 5.56 Å². The molecule has 0 N–H and O–H groups in total. The van der Waals surface area contributed by atoms with Gasteiger partial charge in [-0.15, -0.1) is 0 Å². The lowest BCUT2D eigenvalue weighted by atomic mass is 10.00. The van der Waals surface area contributed by atoms with E-state index in [2.05, 4.69) is 57.1 Å². The zero-order valence-corrected chi connectivity index (χ0v) is 9.95. The molecular formula is C13H19NO. The lowest BCUT2D eigenvalue weighted by Crippen LogP contribution is -2.06. The second-order valence-electron chi connectivity index (χ2n) is 4.86. The molecule has 2 heteroatoms. The molecule has 0 aliphatic carbocycles. The maximum absolute atomic E-state index is 5.21. The highest BCUT2D eigenvalue weighted by Gasteiger charge is 2.04. The molecule has 1 aromatic rings. The minimum absolute atomic E-state index is 0.0767. The number of hydrogen-bond acceptors (Lipinski definition) is 2. The summed E-state index contributed by atoms with van der Waals surface area (Å²) < 4.78 is 0. The van der Waals surface area contributed by atoms with Crippen LogP contribution in [0.15, 0.2) is 29.4 Å². The highest BCUT2D eigenvalue weighted by molar-refractivity contribution is 5.63. The third-order valence-corrected chi connectivity index (χ3v) is 1.87. The van der Waals surface area contributed by atoms with Crippen molar-refractivity contribution in [2.75, 3.05) is 0 Å². The molecule has 0 radical (unpaired) electrons. The van der Waals surface area contributed by atoms with Gasteiger partial charge in [0, 0.05) is 11.6 Å². The Morgan fingerprint density at radius 2 is 1.80 bits per heavy atom. The van der Waals surface area contributed by atoms with Gasteiger partial charge in [-0.2, -0.15) is 0 Å². The van der Waals surface area contributed by atoms with E-state index in [9.17, 15) is 0 Å². The fraction of sp³-hybridized carbons (Fsp3) is 0.462. The first-order valence-corrected chi connectivity index (χ1v) is 5.19. The van der Waals surface area contributed by atoms with Crippen molar-refractivity contribution in [3.05, 3.63) is 35.4 Å². The first-order valence-electron chi connectivity index (χ1n) is 5.19. The summed E-state index contributed by atoms with van der Waals surface area (Å²) in [5.41, 5.74) is 2.48. The van der Waals surface area contributed by atoms with Gasteiger partial charge in [0.05, 0.1) is 0 Å². The number of hydrogen-bond donors (Lipinski definition) is 0. The molecule has 0 heterocycles. The average Bonchev–Trinajstić information content (AvgIpc) is 2.14. The number of oxime groups is 1. The first-order chi connectivity index (χ1) is 6.97. The summed E-state index contributed by atoms with van der Waals surface area (Å²) in [5.74, 6) is 0. The molecule has 0 unspecified atom stereocenters. The van der Waals surface area contributed by atoms with Gasteiger partial charge in [0.15, 0.2) is 0 Å². The first kappa shape index (κ1) is 11.8. The molecule has 0 saturated carbocycles. The summed E-state index contributed by atoms with van der Waals surface area (Å²) in [4.78, 5) is 5.21. The minimum Gasteiger partial charge on any atom is -0.391 e. The van der Waals surface area contributed by atoms with Gasteiger partial charge >= 0.3 is 0 Å². The van der Waals surface area contributed by atoms with Crippen LogP contribution in [0.25, 0.3) is 0 Å². The van der Waals surface area contributed by atoms with Gasteiger partial charge < -0.3 is 4.84 Å². The third kappa shape index (κ3) is 5.21. The third-order valence-electron chi connectivity index (χ3n) is 1.87. The van der Waals surface area contributed by atoms with Crippen molar-refractivity contribution in [3.63, 3.8) is 0 Å². The van der Waals surface area contributed by atoms with Gasteiger partial charge in [-0.05, 0) is 12.5 Å². The zero-order chi connectivity index (χ0) is 11.3. The van der Waals surface area contributed by atoms with E-state index in [4.69, 9.17) is 4.84 Å². The van der Waals surface area contributed by atoms with Crippen molar-refractivity contribution >= 4 is 6.21 Å². The van der Waals surface area contributed by atoms with Crippen molar-refractivity contribution in [2.45, 2.75) is 34.3 Å². The van der Waals surface area contributed by atoms with Crippen LogP contribution in [-0.4, -0.2) is 6.21 Å². The summed E-state index contributed by atoms with van der Waals surface area (Å²) in [7, 11) is 0. The number of nitrogens with zero attached hydrogens (tertiary/aromatic N) is 1. The highest BCUT2D eigenvalue weighted by Crippen LogP contribution is 2.09. The van der Waals surface area contributed by atoms with Crippen molar-refractivity contribution in [1.82, 2.24) is 0 Å². The van der Waals surface area contributed by atoms with Gasteiger partial charge in [-0.1, -0.05) is 55.8 Å². The fourth-order valence-electron chi connectivity index (χ4n) is 0.991. The van der Waals surface area contributed by atoms with Crippen molar-refractivity contribution in [3.8, 4) is 0 Å². The molecule has 0 aliphatic rings. The van der Waals surface area contributed by atoms with Crippen LogP contribution in [0.4, 0.5) is 0 Å². The zero-order valence-electron chi connectivity index (χ0n) is 9.95. The number of aryl methyl sites for hydroxylation is 1. The molecule has 0 spiro atoms. The Labute approximate surface area is 91.9 Å². The van der Waals surface area contributed by atoms with Gasteiger partial charge in [-0.25, -0.2) is 0 Å². The molecule has 0 bridgehead atoms. The van der Waals surface area contributed by atoms with Crippen LogP contribution in [0.1, 0.15) is 31.9 Å². The number of rotatable bonds is 3. The van der Waals surface area contributed by atoms with Gasteiger partial charge in [0.2, 0.25) is 0 Å².